The Morgan fingerprint density at radius 1 is 0.767 bits per heavy atom. The Labute approximate surface area is 242 Å². The van der Waals surface area contributed by atoms with E-state index in [1.165, 1.54) is 30.3 Å². The first-order chi connectivity index (χ1) is 20.2. The van der Waals surface area contributed by atoms with Crippen molar-refractivity contribution in [2.24, 2.45) is 0 Å². The quantitative estimate of drug-likeness (QED) is 0.0820. The molecule has 0 radical (unpaired) electrons. The molecule has 4 rings (SSSR count). The lowest BCUT2D eigenvalue weighted by atomic mass is 9.69. The summed E-state index contributed by atoms with van der Waals surface area (Å²) in [6.07, 6.45) is -18.7. The first-order valence-electron chi connectivity index (χ1n) is 13.0. The van der Waals surface area contributed by atoms with Crippen molar-refractivity contribution < 1.29 is 80.3 Å². The van der Waals surface area contributed by atoms with Crippen LogP contribution in [0.1, 0.15) is 5.56 Å². The third-order valence-corrected chi connectivity index (χ3v) is 7.72. The van der Waals surface area contributed by atoms with Gasteiger partial charge in [-0.25, -0.2) is 0 Å². The van der Waals surface area contributed by atoms with Gasteiger partial charge in [0, 0.05) is 0 Å². The van der Waals surface area contributed by atoms with Gasteiger partial charge in [0.15, 0.2) is 0 Å². The Kier molecular flexibility index (Phi) is 9.41. The molecule has 3 aliphatic rings. The van der Waals surface area contributed by atoms with Crippen LogP contribution >= 0.6 is 0 Å². The molecule has 0 spiro atoms. The predicted molar refractivity (Wildman–Crippen MR) is 139 cm³/mol. The number of aliphatic hydroxyl groups excluding tert-OH is 10. The molecule has 16 nitrogen and oxygen atoms in total. The van der Waals surface area contributed by atoms with Crippen LogP contribution in [0.15, 0.2) is 53.0 Å². The van der Waals surface area contributed by atoms with Gasteiger partial charge in [-0.2, -0.15) is 0 Å². The molecule has 12 N–H and O–H groups in total. The number of allylic oxidation sites excluding steroid dienone is 2. The lowest BCUT2D eigenvalue weighted by Crippen LogP contribution is -2.72. The lowest BCUT2D eigenvalue weighted by molar-refractivity contribution is -0.261. The number of ketones is 2. The maximum Gasteiger partial charge on any atom is 0.219 e. The molecule has 0 aromatic heterocycles. The summed E-state index contributed by atoms with van der Waals surface area (Å²) in [5.41, 5.74) is -5.62. The predicted octanol–water partition coefficient (Wildman–Crippen LogP) is -4.40. The van der Waals surface area contributed by atoms with Gasteiger partial charge >= 0.3 is 0 Å². The molecule has 11 atom stereocenters. The van der Waals surface area contributed by atoms with Gasteiger partial charge in [0.1, 0.15) is 83.9 Å². The third-order valence-electron chi connectivity index (χ3n) is 7.72. The van der Waals surface area contributed by atoms with Crippen LogP contribution < -0.4 is 0 Å². The Balaban J connectivity index is 1.92. The first kappa shape index (κ1) is 32.6. The van der Waals surface area contributed by atoms with E-state index in [0.29, 0.717) is 5.56 Å². The number of phenols is 1. The van der Waals surface area contributed by atoms with Crippen LogP contribution in [0.25, 0.3) is 6.08 Å². The highest BCUT2D eigenvalue weighted by molar-refractivity contribution is 6.28. The minimum Gasteiger partial charge on any atom is -0.508 e. The van der Waals surface area contributed by atoms with Crippen LogP contribution in [0, 0.1) is 0 Å². The molecule has 0 bridgehead atoms. The summed E-state index contributed by atoms with van der Waals surface area (Å²) >= 11 is 0. The van der Waals surface area contributed by atoms with Gasteiger partial charge < -0.3 is 70.8 Å². The first-order valence-corrected chi connectivity index (χ1v) is 13.0. The number of carbonyl (C=O) groups is 2. The zero-order valence-electron chi connectivity index (χ0n) is 22.2. The molecule has 0 saturated carbocycles. The van der Waals surface area contributed by atoms with Crippen LogP contribution in [0.2, 0.25) is 0 Å². The topological polar surface area (TPSA) is 295 Å². The number of hydrogen-bond donors (Lipinski definition) is 12. The molecular weight excluding hydrogens is 580 g/mol. The normalized spacial score (nSPS) is 40.3. The van der Waals surface area contributed by atoms with Crippen LogP contribution in [-0.2, 0) is 19.1 Å². The molecular formula is C27H32O16. The zero-order chi connectivity index (χ0) is 32.0. The van der Waals surface area contributed by atoms with Crippen molar-refractivity contribution in [2.75, 3.05) is 13.2 Å². The van der Waals surface area contributed by atoms with Crippen molar-refractivity contribution >= 4 is 17.6 Å². The zero-order valence-corrected chi connectivity index (χ0v) is 22.2. The van der Waals surface area contributed by atoms with E-state index < -0.39 is 114 Å². The lowest BCUT2D eigenvalue weighted by Gasteiger charge is -2.48. The second-order valence-corrected chi connectivity index (χ2v) is 10.4. The minimum atomic E-state index is -3.63. The van der Waals surface area contributed by atoms with Crippen molar-refractivity contribution in [2.45, 2.75) is 66.6 Å². The summed E-state index contributed by atoms with van der Waals surface area (Å²) in [7, 11) is 0. The number of phenolic OH excluding ortho intramolecular Hbond substituents is 1. The van der Waals surface area contributed by atoms with Crippen molar-refractivity contribution in [3.8, 4) is 5.75 Å². The summed E-state index contributed by atoms with van der Waals surface area (Å²) in [4.78, 5) is 27.6. The molecule has 2 heterocycles. The number of aliphatic hydroxyl groups is 11. The van der Waals surface area contributed by atoms with Crippen LogP contribution in [0.3, 0.4) is 0 Å². The second kappa shape index (κ2) is 12.4. The number of ether oxygens (including phenoxy) is 2. The molecule has 43 heavy (non-hydrogen) atoms. The van der Waals surface area contributed by atoms with E-state index in [1.54, 1.807) is 0 Å². The third kappa shape index (κ3) is 5.47. The summed E-state index contributed by atoms with van der Waals surface area (Å²) in [5.74, 6) is -6.12. The smallest absolute Gasteiger partial charge is 0.219 e. The monoisotopic (exact) mass is 612 g/mol. The Morgan fingerprint density at radius 2 is 1.30 bits per heavy atom. The van der Waals surface area contributed by atoms with E-state index in [2.05, 4.69) is 0 Å². The standard InChI is InChI=1S/C27H32O16/c28-7-12-16(32)19(35)21(37)23(42-12)15-18(34)14(11(31)6-3-9-1-4-10(30)5-2-9)24(39)27(41,25(15)40)26-22(38)20(36)17(33)13(8-29)43-26/h1-6,12-13,16-17,19-23,26,28-38,41H,7-8H2/b6-3+,14-11-/t12-,13-,16+,17-,19+,20+,21-,22+,23+,26-,27?/m1/s1. The van der Waals surface area contributed by atoms with E-state index in [4.69, 9.17) is 9.47 Å². The molecule has 1 aromatic rings. The summed E-state index contributed by atoms with van der Waals surface area (Å²) in [6, 6.07) is 5.38. The van der Waals surface area contributed by atoms with Crippen LogP contribution in [0.4, 0.5) is 0 Å². The summed E-state index contributed by atoms with van der Waals surface area (Å²) in [6.45, 7) is -1.99. The number of carbonyl (C=O) groups excluding carboxylic acids is 2. The van der Waals surface area contributed by atoms with Crippen molar-refractivity contribution in [1.82, 2.24) is 0 Å². The van der Waals surface area contributed by atoms with Crippen LogP contribution in [0.5, 0.6) is 5.75 Å². The fourth-order valence-corrected chi connectivity index (χ4v) is 5.24. The largest absolute Gasteiger partial charge is 0.508 e. The number of rotatable bonds is 6. The highest BCUT2D eigenvalue weighted by Crippen LogP contribution is 2.42. The Morgan fingerprint density at radius 3 is 1.86 bits per heavy atom. The maximum absolute atomic E-state index is 13.9. The van der Waals surface area contributed by atoms with Gasteiger partial charge in [-0.05, 0) is 23.8 Å². The highest BCUT2D eigenvalue weighted by Gasteiger charge is 2.65. The Bertz CT molecular complexity index is 1320. The van der Waals surface area contributed by atoms with E-state index >= 15 is 0 Å². The molecule has 1 aromatic carbocycles. The number of hydrogen-bond acceptors (Lipinski definition) is 16. The molecule has 16 heteroatoms. The van der Waals surface area contributed by atoms with E-state index in [0.717, 1.165) is 6.08 Å². The fraction of sp³-hybridized carbons (Fsp3) is 0.481. The average molecular weight is 613 g/mol. The minimum absolute atomic E-state index is 0.0879. The van der Waals surface area contributed by atoms with Gasteiger partial charge in [-0.3, -0.25) is 9.59 Å². The van der Waals surface area contributed by atoms with Gasteiger partial charge in [-0.1, -0.05) is 18.2 Å². The second-order valence-electron chi connectivity index (χ2n) is 10.4. The number of aromatic hydroxyl groups is 1. The van der Waals surface area contributed by atoms with E-state index in [1.807, 2.05) is 0 Å². The number of Topliss-reactive ketones (excluding diaryl/α,β-unsaturated/α-hetero) is 2. The summed E-state index contributed by atoms with van der Waals surface area (Å²) < 4.78 is 10.6. The maximum atomic E-state index is 13.9. The molecule has 1 aliphatic carbocycles. The fourth-order valence-electron chi connectivity index (χ4n) is 5.24. The van der Waals surface area contributed by atoms with Crippen molar-refractivity contribution in [3.63, 3.8) is 0 Å². The molecule has 236 valence electrons. The molecule has 0 amide bonds. The van der Waals surface area contributed by atoms with Gasteiger partial charge in [0.2, 0.25) is 17.2 Å². The highest BCUT2D eigenvalue weighted by atomic mass is 16.6. The molecule has 1 unspecified atom stereocenters. The van der Waals surface area contributed by atoms with Gasteiger partial charge in [0.25, 0.3) is 0 Å². The SMILES string of the molecule is O=C1C([C@@H]2O[C@H](CO)[C@H](O)[C@H](O)[C@H]2O)=C(O)/C(=C(O)\C=C\c2ccc(O)cc2)C(=O)C1(O)[C@@H]1O[C@H](CO)[C@@H](O)[C@H](O)[C@@H]1O. The van der Waals surface area contributed by atoms with Crippen molar-refractivity contribution in [1.29, 1.82) is 0 Å². The number of benzene rings is 1. The van der Waals surface area contributed by atoms with E-state index in [9.17, 15) is 70.9 Å². The summed E-state index contributed by atoms with van der Waals surface area (Å²) in [5, 5.41) is 125. The van der Waals surface area contributed by atoms with Gasteiger partial charge in [0.05, 0.1) is 18.8 Å². The van der Waals surface area contributed by atoms with E-state index in [-0.39, 0.29) is 5.75 Å². The molecule has 2 saturated heterocycles. The van der Waals surface area contributed by atoms with Crippen LogP contribution in [-0.4, -0.2) is 153 Å². The van der Waals surface area contributed by atoms with Crippen molar-refractivity contribution in [3.05, 3.63) is 58.6 Å². The Hall–Kier alpha value is -3.26. The molecule has 2 aliphatic heterocycles. The van der Waals surface area contributed by atoms with Gasteiger partial charge in [-0.15, -0.1) is 0 Å². The average Bonchev–Trinajstić information content (AvgIpc) is 2.98. The molecule has 2 fully saturated rings.